The van der Waals surface area contributed by atoms with Gasteiger partial charge in [-0.1, -0.05) is 331 Å². The van der Waals surface area contributed by atoms with E-state index in [2.05, 4.69) is 251 Å². The molecular formula is C126H112N4O3. The molecule has 7 nitrogen and oxygen atoms in total. The smallest absolute Gasteiger partial charge is 0.143 e. The minimum Gasteiger partial charge on any atom is -0.456 e. The topological polar surface area (TPSA) is 55.8 Å². The third-order valence-electron chi connectivity index (χ3n) is 26.5. The van der Waals surface area contributed by atoms with Gasteiger partial charge in [-0.05, 0) is 234 Å². The zero-order chi connectivity index (χ0) is 104. The van der Waals surface area contributed by atoms with Gasteiger partial charge in [-0.25, -0.2) is 0 Å². The predicted molar refractivity (Wildman–Crippen MR) is 566 cm³/mol. The summed E-state index contributed by atoms with van der Waals surface area (Å²) in [6.45, 7) is 37.8. The molecule has 0 bridgehead atoms. The molecule has 0 aliphatic carbocycles. The molecular weight excluding hydrogens is 1620 g/mol. The van der Waals surface area contributed by atoms with Crippen molar-refractivity contribution in [3.63, 3.8) is 0 Å². The molecule has 0 aliphatic rings. The highest BCUT2D eigenvalue weighted by Gasteiger charge is 2.35. The molecule has 5 heterocycles. The highest BCUT2D eigenvalue weighted by atomic mass is 16.3. The average molecular weight is 1740 g/mol. The van der Waals surface area contributed by atoms with E-state index < -0.39 is 70.0 Å². The SMILES string of the molecule is [2H]c1c([2H])c([2H])c2c(c1[2H])c1c([2H])c(C(C)(C)C)c([2H])c([2H])c1n2-c1cccc(N(c2cc(-c3ccc4oc5ccccc5c4c3)cc(N(c3cccc(-n4c5c([2H])c([2H])c([2H])c([2H])c5c5c([2H])c(C(C)(C)C)c([2H])c([2H])c54)c3)c3c(-c4ccc(C(C)(C)C)cc4)cc(C(C)(C)C)cc3-c3cccc4c3oc3ccccc34)c2)c2c(-c3ccc(C(C)(C)C)cc3)cc(C(C)(C)C)cc2-c2cccc3c2oc2ccccc23)c1. The van der Waals surface area contributed by atoms with E-state index in [1.807, 2.05) is 151 Å². The molecule has 17 aromatic carbocycles. The Labute approximate surface area is 799 Å². The highest BCUT2D eigenvalue weighted by molar-refractivity contribution is 6.17. The van der Waals surface area contributed by atoms with E-state index in [1.165, 1.54) is 0 Å². The fourth-order valence-corrected chi connectivity index (χ4v) is 19.3. The lowest BCUT2D eigenvalue weighted by atomic mass is 9.81. The molecule has 7 heteroatoms. The van der Waals surface area contributed by atoms with Crippen LogP contribution in [0.15, 0.2) is 365 Å². The minimum absolute atomic E-state index is 0.00787. The number of rotatable bonds is 13. The van der Waals surface area contributed by atoms with Gasteiger partial charge in [-0.15, -0.1) is 0 Å². The van der Waals surface area contributed by atoms with Crippen LogP contribution < -0.4 is 9.80 Å². The molecule has 0 fully saturated rings. The zero-order valence-corrected chi connectivity index (χ0v) is 78.4. The van der Waals surface area contributed by atoms with E-state index in [-0.39, 0.29) is 102 Å². The van der Waals surface area contributed by atoms with Crippen molar-refractivity contribution in [3.05, 3.63) is 385 Å². The molecule has 0 amide bonds. The number of benzene rings is 17. The third-order valence-corrected chi connectivity index (χ3v) is 26.5. The van der Waals surface area contributed by atoms with E-state index in [0.717, 1.165) is 105 Å². The van der Waals surface area contributed by atoms with Crippen LogP contribution >= 0.6 is 0 Å². The second-order valence-corrected chi connectivity index (χ2v) is 41.9. The Morgan fingerprint density at radius 3 is 1.00 bits per heavy atom. The number of anilines is 6. The fourth-order valence-electron chi connectivity index (χ4n) is 19.3. The first-order chi connectivity index (χ1) is 69.6. The number of furan rings is 3. The fraction of sp³-hybridized carbons (Fsp3) is 0.190. The Morgan fingerprint density at radius 2 is 0.579 bits per heavy atom. The van der Waals surface area contributed by atoms with Gasteiger partial charge in [0.15, 0.2) is 0 Å². The molecule has 22 aromatic rings. The summed E-state index contributed by atoms with van der Waals surface area (Å²) in [7, 11) is 0. The molecule has 22 rings (SSSR count). The first-order valence-electron chi connectivity index (χ1n) is 52.9. The molecule has 0 aliphatic heterocycles. The summed E-state index contributed by atoms with van der Waals surface area (Å²) in [6, 6.07) is 86.9. The van der Waals surface area contributed by atoms with Crippen LogP contribution in [-0.4, -0.2) is 9.13 Å². The van der Waals surface area contributed by atoms with Crippen molar-refractivity contribution < 1.29 is 32.4 Å². The van der Waals surface area contributed by atoms with Crippen LogP contribution in [0.5, 0.6) is 0 Å². The summed E-state index contributed by atoms with van der Waals surface area (Å²) in [5.74, 6) is 0. The molecule has 0 N–H and O–H groups in total. The monoisotopic (exact) mass is 1740 g/mol. The van der Waals surface area contributed by atoms with Gasteiger partial charge in [0.1, 0.15) is 33.5 Å². The Balaban J connectivity index is 0.970. The van der Waals surface area contributed by atoms with Gasteiger partial charge in [-0.3, -0.25) is 0 Å². The zero-order valence-electron chi connectivity index (χ0n) is 92.4. The molecule has 0 radical (unpaired) electrons. The van der Waals surface area contributed by atoms with Crippen LogP contribution in [0, 0.1) is 0 Å². The summed E-state index contributed by atoms with van der Waals surface area (Å²) in [5.41, 5.74) is 16.9. The van der Waals surface area contributed by atoms with E-state index in [9.17, 15) is 19.2 Å². The highest BCUT2D eigenvalue weighted by Crippen LogP contribution is 2.57. The Morgan fingerprint density at radius 1 is 0.226 bits per heavy atom. The summed E-state index contributed by atoms with van der Waals surface area (Å²) in [5, 5.41) is 5.53. The summed E-state index contributed by atoms with van der Waals surface area (Å²) < 4.78 is 165. The first-order valence-corrected chi connectivity index (χ1v) is 45.9. The van der Waals surface area contributed by atoms with Crippen molar-refractivity contribution in [1.82, 2.24) is 9.13 Å². The van der Waals surface area contributed by atoms with E-state index >= 15 is 0 Å². The predicted octanol–water partition coefficient (Wildman–Crippen LogP) is 36.6. The maximum atomic E-state index is 10.5. The van der Waals surface area contributed by atoms with Crippen LogP contribution in [0.25, 0.3) is 176 Å². The van der Waals surface area contributed by atoms with Gasteiger partial charge < -0.3 is 32.2 Å². The number of hydrogen-bond donors (Lipinski definition) is 0. The summed E-state index contributed by atoms with van der Waals surface area (Å²) in [6.07, 6.45) is 0. The lowest BCUT2D eigenvalue weighted by molar-refractivity contribution is 0.589. The van der Waals surface area contributed by atoms with Gasteiger partial charge in [0.2, 0.25) is 0 Å². The summed E-state index contributed by atoms with van der Waals surface area (Å²) in [4.78, 5) is 4.55. The number of hydrogen-bond acceptors (Lipinski definition) is 5. The van der Waals surface area contributed by atoms with Gasteiger partial charge in [0.05, 0.1) is 52.6 Å². The number of nitrogens with zero attached hydrogens (tertiary/aromatic N) is 4. The van der Waals surface area contributed by atoms with Gasteiger partial charge >= 0.3 is 0 Å². The average Bonchev–Trinajstić information content (AvgIpc) is 1.53. The minimum atomic E-state index is -0.881. The molecule has 133 heavy (non-hydrogen) atoms. The van der Waals surface area contributed by atoms with Crippen LogP contribution in [-0.2, 0) is 32.5 Å². The quantitative estimate of drug-likeness (QED) is 0.115. The van der Waals surface area contributed by atoms with E-state index in [1.54, 1.807) is 9.13 Å². The largest absolute Gasteiger partial charge is 0.456 e. The molecule has 0 unspecified atom stereocenters. The molecule has 0 saturated carbocycles. The Hall–Kier alpha value is -14.7. The van der Waals surface area contributed by atoms with Crippen LogP contribution in [0.2, 0.25) is 0 Å². The van der Waals surface area contributed by atoms with Gasteiger partial charge in [0, 0.05) is 121 Å². The normalized spacial score (nSPS) is 14.2. The lowest BCUT2D eigenvalue weighted by Gasteiger charge is -2.36. The summed E-state index contributed by atoms with van der Waals surface area (Å²) >= 11 is 0. The van der Waals surface area contributed by atoms with Crippen molar-refractivity contribution in [1.29, 1.82) is 0 Å². The second kappa shape index (κ2) is 31.0. The maximum Gasteiger partial charge on any atom is 0.143 e. The number of para-hydroxylation sites is 7. The van der Waals surface area contributed by atoms with Crippen LogP contribution in [0.1, 0.15) is 177 Å². The van der Waals surface area contributed by atoms with Crippen molar-refractivity contribution in [3.8, 4) is 67.0 Å². The molecule has 654 valence electrons. The Bertz CT molecular complexity index is 8880. The number of aromatic nitrogens is 2. The van der Waals surface area contributed by atoms with Crippen molar-refractivity contribution in [2.45, 2.75) is 157 Å². The first kappa shape index (κ1) is 69.3. The van der Waals surface area contributed by atoms with Crippen molar-refractivity contribution in [2.75, 3.05) is 9.80 Å². The maximum absolute atomic E-state index is 10.5. The van der Waals surface area contributed by atoms with E-state index in [0.29, 0.717) is 84.6 Å². The van der Waals surface area contributed by atoms with E-state index in [4.69, 9.17) is 13.3 Å². The van der Waals surface area contributed by atoms with Crippen molar-refractivity contribution >= 4 is 144 Å². The Kier molecular flexibility index (Phi) is 16.2. The van der Waals surface area contributed by atoms with Crippen LogP contribution in [0.4, 0.5) is 34.1 Å². The number of fused-ring (bicyclic) bond motifs is 15. The molecule has 0 spiro atoms. The molecule has 0 atom stereocenters. The van der Waals surface area contributed by atoms with Crippen molar-refractivity contribution in [2.24, 2.45) is 0 Å². The third kappa shape index (κ3) is 14.6. The standard InChI is InChI=1S/C126H112N4O3/c1-121(2,3)81-56-51-77(52-57-81)102-70-85(125(13,14)15)72-107(100-44-31-42-98-95-39-21-27-49-114(95)132-119(98)100)117(102)127(87-33-29-35-89(74-87)129-109-46-24-19-37-93(109)104-68-83(123(7,8)9)60-62-111(104)129)91-65-80(79-55-64-116-106(67-79)97-41-23-26-48-113(97)131-116)66-92(76-91)128(88-34-30-36-90(75-88)130-110-47-25-20-38-94(110)105-69-84(124(10,11)12)61-63-112(105)130)118-103(78-53-58-82(59-54-78)122(4,5)6)71-86(126(16,17)18)73-108(118)101-45-32-43-99-96-40-22-28-50-115(96)133-120(99)101/h19-76H,1-18H3/i19D,20D,24D,25D,37D,38D,46D,47D,60D,61D,62D,63D,68D,69D. The van der Waals surface area contributed by atoms with Gasteiger partial charge in [-0.2, -0.15) is 0 Å². The lowest BCUT2D eigenvalue weighted by Crippen LogP contribution is -2.19. The second-order valence-electron chi connectivity index (χ2n) is 41.9. The molecule has 0 saturated heterocycles. The molecule has 5 aromatic heterocycles. The van der Waals surface area contributed by atoms with Gasteiger partial charge in [0.25, 0.3) is 0 Å². The van der Waals surface area contributed by atoms with Crippen LogP contribution in [0.3, 0.4) is 0 Å².